The van der Waals surface area contributed by atoms with Crippen LogP contribution in [0.3, 0.4) is 0 Å². The number of hydrazine groups is 1. The fraction of sp³-hybridized carbons (Fsp3) is 0.0769. The van der Waals surface area contributed by atoms with Crippen molar-refractivity contribution in [1.82, 2.24) is 10.9 Å². The zero-order valence-corrected chi connectivity index (χ0v) is 11.5. The second kappa shape index (κ2) is 6.58. The van der Waals surface area contributed by atoms with Crippen molar-refractivity contribution in [3.05, 3.63) is 48.4 Å². The van der Waals surface area contributed by atoms with Crippen LogP contribution >= 0.6 is 12.2 Å². The standard InChI is InChI=1S/C13H13N3O3S/c1-18-10-6-4-9(5-7-10)14-13(20)16-15-12(17)11-3-2-8-19-11/h2-8H,1H3,(H,15,17)(H2,14,16,20). The number of nitrogens with one attached hydrogen (secondary N) is 3. The molecule has 0 aliphatic carbocycles. The molecule has 0 unspecified atom stereocenters. The molecule has 20 heavy (non-hydrogen) atoms. The second-order valence-electron chi connectivity index (χ2n) is 3.74. The first-order chi connectivity index (χ1) is 9.69. The summed E-state index contributed by atoms with van der Waals surface area (Å²) in [5.41, 5.74) is 5.77. The zero-order valence-electron chi connectivity index (χ0n) is 10.7. The highest BCUT2D eigenvalue weighted by Gasteiger charge is 2.07. The largest absolute Gasteiger partial charge is 0.497 e. The normalized spacial score (nSPS) is 9.65. The van der Waals surface area contributed by atoms with Crippen molar-refractivity contribution in [2.45, 2.75) is 0 Å². The lowest BCUT2D eigenvalue weighted by Crippen LogP contribution is -2.43. The first-order valence-corrected chi connectivity index (χ1v) is 6.15. The molecule has 3 N–H and O–H groups in total. The van der Waals surface area contributed by atoms with Crippen LogP contribution in [0.2, 0.25) is 0 Å². The summed E-state index contributed by atoms with van der Waals surface area (Å²) >= 11 is 5.05. The summed E-state index contributed by atoms with van der Waals surface area (Å²) < 4.78 is 9.99. The van der Waals surface area contributed by atoms with Crippen molar-refractivity contribution in [2.75, 3.05) is 12.4 Å². The molecule has 0 radical (unpaired) electrons. The van der Waals surface area contributed by atoms with E-state index in [4.69, 9.17) is 21.4 Å². The number of amides is 1. The van der Waals surface area contributed by atoms with Gasteiger partial charge in [0.15, 0.2) is 10.9 Å². The van der Waals surface area contributed by atoms with Gasteiger partial charge in [0.25, 0.3) is 0 Å². The molecule has 6 nitrogen and oxygen atoms in total. The Morgan fingerprint density at radius 2 is 1.95 bits per heavy atom. The van der Waals surface area contributed by atoms with Crippen molar-refractivity contribution >= 4 is 28.9 Å². The highest BCUT2D eigenvalue weighted by Crippen LogP contribution is 2.14. The van der Waals surface area contributed by atoms with Crippen molar-refractivity contribution in [1.29, 1.82) is 0 Å². The fourth-order valence-corrected chi connectivity index (χ4v) is 1.59. The monoisotopic (exact) mass is 291 g/mol. The summed E-state index contributed by atoms with van der Waals surface area (Å²) in [6, 6.07) is 10.4. The molecule has 0 bridgehead atoms. The summed E-state index contributed by atoms with van der Waals surface area (Å²) in [7, 11) is 1.60. The van der Waals surface area contributed by atoms with E-state index in [9.17, 15) is 4.79 Å². The Hall–Kier alpha value is -2.54. The lowest BCUT2D eigenvalue weighted by atomic mass is 10.3. The van der Waals surface area contributed by atoms with E-state index in [1.807, 2.05) is 0 Å². The molecule has 0 saturated heterocycles. The highest BCUT2D eigenvalue weighted by atomic mass is 32.1. The van der Waals surface area contributed by atoms with Gasteiger partial charge in [-0.3, -0.25) is 15.6 Å². The van der Waals surface area contributed by atoms with E-state index in [0.29, 0.717) is 0 Å². The molecule has 0 spiro atoms. The molecule has 1 heterocycles. The minimum atomic E-state index is -0.408. The highest BCUT2D eigenvalue weighted by molar-refractivity contribution is 7.80. The quantitative estimate of drug-likeness (QED) is 0.592. The maximum absolute atomic E-state index is 11.6. The lowest BCUT2D eigenvalue weighted by molar-refractivity contribution is 0.0916. The molecule has 1 aromatic heterocycles. The molecule has 1 amide bonds. The Morgan fingerprint density at radius 3 is 2.55 bits per heavy atom. The van der Waals surface area contributed by atoms with E-state index in [2.05, 4.69) is 16.2 Å². The average molecular weight is 291 g/mol. The van der Waals surface area contributed by atoms with Crippen LogP contribution in [0.5, 0.6) is 5.75 Å². The lowest BCUT2D eigenvalue weighted by Gasteiger charge is -2.11. The first-order valence-electron chi connectivity index (χ1n) is 5.74. The number of hydrogen-bond donors (Lipinski definition) is 3. The van der Waals surface area contributed by atoms with Gasteiger partial charge < -0.3 is 14.5 Å². The molecule has 1 aromatic carbocycles. The number of methoxy groups -OCH3 is 1. The average Bonchev–Trinajstić information content (AvgIpc) is 3.00. The van der Waals surface area contributed by atoms with Gasteiger partial charge in [-0.05, 0) is 48.6 Å². The third-order valence-electron chi connectivity index (χ3n) is 2.38. The molecule has 7 heteroatoms. The van der Waals surface area contributed by atoms with Gasteiger partial charge in [0, 0.05) is 5.69 Å². The maximum Gasteiger partial charge on any atom is 0.305 e. The number of rotatable bonds is 3. The van der Waals surface area contributed by atoms with Crippen LogP contribution in [-0.2, 0) is 0 Å². The number of furan rings is 1. The Bertz CT molecular complexity index is 581. The summed E-state index contributed by atoms with van der Waals surface area (Å²) in [4.78, 5) is 11.6. The van der Waals surface area contributed by atoms with Crippen LogP contribution in [0.15, 0.2) is 47.1 Å². The van der Waals surface area contributed by atoms with Crippen LogP contribution < -0.4 is 20.9 Å². The van der Waals surface area contributed by atoms with Gasteiger partial charge in [-0.15, -0.1) is 0 Å². The Morgan fingerprint density at radius 1 is 1.20 bits per heavy atom. The number of anilines is 1. The smallest absolute Gasteiger partial charge is 0.305 e. The van der Waals surface area contributed by atoms with E-state index in [1.165, 1.54) is 6.26 Å². The Labute approximate surface area is 121 Å². The number of ether oxygens (including phenoxy) is 1. The number of carbonyl (C=O) groups is 1. The van der Waals surface area contributed by atoms with Crippen molar-refractivity contribution < 1.29 is 13.9 Å². The third kappa shape index (κ3) is 3.72. The van der Waals surface area contributed by atoms with Gasteiger partial charge >= 0.3 is 5.91 Å². The Balaban J connectivity index is 1.81. The van der Waals surface area contributed by atoms with Crippen molar-refractivity contribution in [3.63, 3.8) is 0 Å². The SMILES string of the molecule is COc1ccc(NC(=S)NNC(=O)c2ccco2)cc1. The predicted octanol–water partition coefficient (Wildman–Crippen LogP) is 1.92. The topological polar surface area (TPSA) is 75.5 Å². The van der Waals surface area contributed by atoms with Crippen LogP contribution in [0.4, 0.5) is 5.69 Å². The maximum atomic E-state index is 11.6. The molecule has 2 rings (SSSR count). The van der Waals surface area contributed by atoms with Crippen molar-refractivity contribution in [2.24, 2.45) is 0 Å². The summed E-state index contributed by atoms with van der Waals surface area (Å²) in [5.74, 6) is 0.541. The van der Waals surface area contributed by atoms with Crippen LogP contribution in [-0.4, -0.2) is 18.1 Å². The van der Waals surface area contributed by atoms with E-state index < -0.39 is 5.91 Å². The first kappa shape index (κ1) is 13.9. The van der Waals surface area contributed by atoms with E-state index in [0.717, 1.165) is 11.4 Å². The van der Waals surface area contributed by atoms with Crippen LogP contribution in [0.1, 0.15) is 10.6 Å². The zero-order chi connectivity index (χ0) is 14.4. The van der Waals surface area contributed by atoms with Gasteiger partial charge in [-0.2, -0.15) is 0 Å². The van der Waals surface area contributed by atoms with Crippen LogP contribution in [0, 0.1) is 0 Å². The van der Waals surface area contributed by atoms with E-state index in [1.54, 1.807) is 43.5 Å². The molecular weight excluding hydrogens is 278 g/mol. The third-order valence-corrected chi connectivity index (χ3v) is 2.59. The summed E-state index contributed by atoms with van der Waals surface area (Å²) in [5, 5.41) is 3.17. The molecular formula is C13H13N3O3S. The van der Waals surface area contributed by atoms with Gasteiger partial charge in [-0.1, -0.05) is 0 Å². The summed E-state index contributed by atoms with van der Waals surface area (Å²) in [6.45, 7) is 0. The fourth-order valence-electron chi connectivity index (χ4n) is 1.42. The minimum Gasteiger partial charge on any atom is -0.497 e. The van der Waals surface area contributed by atoms with E-state index >= 15 is 0 Å². The Kier molecular flexibility index (Phi) is 4.56. The minimum absolute atomic E-state index is 0.199. The number of benzene rings is 1. The molecule has 0 saturated carbocycles. The molecule has 0 fully saturated rings. The number of hydrogen-bond acceptors (Lipinski definition) is 4. The molecule has 2 aromatic rings. The van der Waals surface area contributed by atoms with Gasteiger partial charge in [0.1, 0.15) is 5.75 Å². The van der Waals surface area contributed by atoms with Gasteiger partial charge in [0.2, 0.25) is 0 Å². The molecule has 0 atom stereocenters. The summed E-state index contributed by atoms with van der Waals surface area (Å²) in [6.07, 6.45) is 1.42. The van der Waals surface area contributed by atoms with Gasteiger partial charge in [0.05, 0.1) is 13.4 Å². The van der Waals surface area contributed by atoms with Crippen molar-refractivity contribution in [3.8, 4) is 5.75 Å². The molecule has 0 aliphatic heterocycles. The van der Waals surface area contributed by atoms with E-state index in [-0.39, 0.29) is 10.9 Å². The number of thiocarbonyl (C=S) groups is 1. The van der Waals surface area contributed by atoms with Crippen LogP contribution in [0.25, 0.3) is 0 Å². The predicted molar refractivity (Wildman–Crippen MR) is 78.5 cm³/mol. The second-order valence-corrected chi connectivity index (χ2v) is 4.15. The van der Waals surface area contributed by atoms with Gasteiger partial charge in [-0.25, -0.2) is 0 Å². The molecule has 104 valence electrons. The number of carbonyl (C=O) groups excluding carboxylic acids is 1. The molecule has 0 aliphatic rings.